The van der Waals surface area contributed by atoms with Crippen LogP contribution in [-0.4, -0.2) is 20.2 Å². The van der Waals surface area contributed by atoms with Gasteiger partial charge in [-0.25, -0.2) is 8.42 Å². The van der Waals surface area contributed by atoms with Crippen LogP contribution in [0.5, 0.6) is 0 Å². The van der Waals surface area contributed by atoms with E-state index in [-0.39, 0.29) is 17.8 Å². The van der Waals surface area contributed by atoms with Crippen LogP contribution in [0, 0.1) is 11.3 Å². The van der Waals surface area contributed by atoms with E-state index in [9.17, 15) is 8.42 Å². The van der Waals surface area contributed by atoms with Crippen LogP contribution in [-0.2, 0) is 9.84 Å². The Kier molecular flexibility index (Phi) is 3.50. The first-order valence-electron chi connectivity index (χ1n) is 5.67. The van der Waals surface area contributed by atoms with E-state index in [4.69, 9.17) is 5.26 Å². The number of nitriles is 1. The Morgan fingerprint density at radius 3 is 2.56 bits per heavy atom. The van der Waals surface area contributed by atoms with Gasteiger partial charge in [-0.3, -0.25) is 0 Å². The summed E-state index contributed by atoms with van der Waals surface area (Å²) in [4.78, 5) is 0. The molecule has 0 radical (unpaired) electrons. The summed E-state index contributed by atoms with van der Waals surface area (Å²) < 4.78 is 22.6. The fourth-order valence-corrected chi connectivity index (χ4v) is 3.19. The lowest BCUT2D eigenvalue weighted by Crippen LogP contribution is -2.32. The predicted octanol–water partition coefficient (Wildman–Crippen LogP) is 1.52. The first-order valence-corrected chi connectivity index (χ1v) is 7.39. The number of nitrogens with zero attached hydrogens (tertiary/aromatic N) is 1. The molecule has 0 saturated carbocycles. The van der Waals surface area contributed by atoms with E-state index in [1.807, 2.05) is 19.1 Å². The Hall–Kier alpha value is -1.64. The molecule has 1 heterocycles. The van der Waals surface area contributed by atoms with Crippen molar-refractivity contribution in [2.45, 2.75) is 19.0 Å². The van der Waals surface area contributed by atoms with Crippen molar-refractivity contribution in [2.75, 3.05) is 5.75 Å². The SMILES string of the molecule is CC(NC1C=CS(=O)(=O)C1)c1ccc(C#N)cc1. The number of nitrogens with one attached hydrogen (secondary N) is 1. The third-order valence-corrected chi connectivity index (χ3v) is 4.33. The molecular weight excluding hydrogens is 248 g/mol. The fraction of sp³-hybridized carbons (Fsp3) is 0.308. The third-order valence-electron chi connectivity index (χ3n) is 2.93. The van der Waals surface area contributed by atoms with Crippen LogP contribution in [0.4, 0.5) is 0 Å². The van der Waals surface area contributed by atoms with Crippen molar-refractivity contribution in [3.63, 3.8) is 0 Å². The molecule has 0 aromatic heterocycles. The highest BCUT2D eigenvalue weighted by Gasteiger charge is 2.22. The maximum Gasteiger partial charge on any atom is 0.173 e. The minimum atomic E-state index is -3.02. The Labute approximate surface area is 107 Å². The molecule has 0 bridgehead atoms. The zero-order valence-electron chi connectivity index (χ0n) is 10.00. The van der Waals surface area contributed by atoms with Gasteiger partial charge in [-0.1, -0.05) is 18.2 Å². The van der Waals surface area contributed by atoms with Gasteiger partial charge in [-0.05, 0) is 24.6 Å². The summed E-state index contributed by atoms with van der Waals surface area (Å²) in [5, 5.41) is 13.2. The number of rotatable bonds is 3. The highest BCUT2D eigenvalue weighted by atomic mass is 32.2. The third kappa shape index (κ3) is 2.97. The minimum absolute atomic E-state index is 0.0423. The van der Waals surface area contributed by atoms with Gasteiger partial charge < -0.3 is 5.32 Å². The molecule has 4 nitrogen and oxygen atoms in total. The fourth-order valence-electron chi connectivity index (χ4n) is 1.94. The molecule has 1 N–H and O–H groups in total. The topological polar surface area (TPSA) is 70.0 Å². The van der Waals surface area contributed by atoms with Gasteiger partial charge in [0.2, 0.25) is 0 Å². The van der Waals surface area contributed by atoms with Crippen molar-refractivity contribution >= 4 is 9.84 Å². The average molecular weight is 262 g/mol. The van der Waals surface area contributed by atoms with Crippen molar-refractivity contribution in [3.8, 4) is 6.07 Å². The van der Waals surface area contributed by atoms with Gasteiger partial charge in [0.05, 0.1) is 17.4 Å². The summed E-state index contributed by atoms with van der Waals surface area (Å²) in [6, 6.07) is 9.24. The molecule has 1 aliphatic rings. The quantitative estimate of drug-likeness (QED) is 0.896. The molecule has 0 spiro atoms. The van der Waals surface area contributed by atoms with E-state index in [2.05, 4.69) is 11.4 Å². The summed E-state index contributed by atoms with van der Waals surface area (Å²) in [5.41, 5.74) is 1.65. The lowest BCUT2D eigenvalue weighted by molar-refractivity contribution is 0.535. The van der Waals surface area contributed by atoms with Crippen LogP contribution in [0.15, 0.2) is 35.7 Å². The van der Waals surface area contributed by atoms with E-state index < -0.39 is 9.84 Å². The summed E-state index contributed by atoms with van der Waals surface area (Å²) >= 11 is 0. The summed E-state index contributed by atoms with van der Waals surface area (Å²) in [5.74, 6) is 0.119. The van der Waals surface area contributed by atoms with E-state index in [0.717, 1.165) is 5.56 Å². The molecule has 1 aromatic carbocycles. The largest absolute Gasteiger partial charge is 0.303 e. The second kappa shape index (κ2) is 4.92. The van der Waals surface area contributed by atoms with E-state index in [0.29, 0.717) is 5.56 Å². The molecule has 0 saturated heterocycles. The maximum atomic E-state index is 11.3. The van der Waals surface area contributed by atoms with Crippen LogP contribution in [0.25, 0.3) is 0 Å². The van der Waals surface area contributed by atoms with Gasteiger partial charge >= 0.3 is 0 Å². The second-order valence-electron chi connectivity index (χ2n) is 4.39. The molecule has 94 valence electrons. The van der Waals surface area contributed by atoms with Crippen LogP contribution < -0.4 is 5.32 Å². The predicted molar refractivity (Wildman–Crippen MR) is 69.4 cm³/mol. The Balaban J connectivity index is 2.02. The van der Waals surface area contributed by atoms with Crippen molar-refractivity contribution in [2.24, 2.45) is 0 Å². The summed E-state index contributed by atoms with van der Waals surface area (Å²) in [6.45, 7) is 1.97. The Morgan fingerprint density at radius 2 is 2.06 bits per heavy atom. The Morgan fingerprint density at radius 1 is 1.39 bits per heavy atom. The minimum Gasteiger partial charge on any atom is -0.303 e. The highest BCUT2D eigenvalue weighted by Crippen LogP contribution is 2.16. The molecule has 1 aromatic rings. The van der Waals surface area contributed by atoms with Crippen LogP contribution in [0.3, 0.4) is 0 Å². The lowest BCUT2D eigenvalue weighted by Gasteiger charge is -2.18. The van der Waals surface area contributed by atoms with Crippen LogP contribution in [0.2, 0.25) is 0 Å². The molecule has 18 heavy (non-hydrogen) atoms. The first kappa shape index (κ1) is 12.8. The van der Waals surface area contributed by atoms with Crippen LogP contribution >= 0.6 is 0 Å². The van der Waals surface area contributed by atoms with Gasteiger partial charge in [-0.2, -0.15) is 5.26 Å². The number of benzene rings is 1. The molecule has 0 fully saturated rings. The molecular formula is C13H14N2O2S. The summed E-state index contributed by atoms with van der Waals surface area (Å²) in [7, 11) is -3.02. The number of hydrogen-bond donors (Lipinski definition) is 1. The molecule has 1 aliphatic heterocycles. The highest BCUT2D eigenvalue weighted by molar-refractivity contribution is 7.94. The van der Waals surface area contributed by atoms with Crippen LogP contribution in [0.1, 0.15) is 24.1 Å². The average Bonchev–Trinajstić information content (AvgIpc) is 2.68. The summed E-state index contributed by atoms with van der Waals surface area (Å²) in [6.07, 6.45) is 1.68. The normalized spacial score (nSPS) is 22.6. The molecule has 5 heteroatoms. The lowest BCUT2D eigenvalue weighted by atomic mass is 10.1. The van der Waals surface area contributed by atoms with Gasteiger partial charge in [-0.15, -0.1) is 0 Å². The van der Waals surface area contributed by atoms with Crippen molar-refractivity contribution in [1.82, 2.24) is 5.32 Å². The number of hydrogen-bond acceptors (Lipinski definition) is 4. The monoisotopic (exact) mass is 262 g/mol. The molecule has 2 atom stereocenters. The molecule has 0 aliphatic carbocycles. The zero-order chi connectivity index (χ0) is 13.2. The van der Waals surface area contributed by atoms with Crippen molar-refractivity contribution < 1.29 is 8.42 Å². The zero-order valence-corrected chi connectivity index (χ0v) is 10.8. The van der Waals surface area contributed by atoms with Gasteiger partial charge in [0.1, 0.15) is 0 Å². The standard InChI is InChI=1S/C13H14N2O2S/c1-10(12-4-2-11(8-14)3-5-12)15-13-6-7-18(16,17)9-13/h2-7,10,13,15H,9H2,1H3. The smallest absolute Gasteiger partial charge is 0.173 e. The van der Waals surface area contributed by atoms with E-state index >= 15 is 0 Å². The first-order chi connectivity index (χ1) is 8.50. The number of sulfone groups is 1. The van der Waals surface area contributed by atoms with Crippen molar-refractivity contribution in [3.05, 3.63) is 46.9 Å². The Bertz CT molecular complexity index is 597. The van der Waals surface area contributed by atoms with E-state index in [1.54, 1.807) is 18.2 Å². The molecule has 2 rings (SSSR count). The van der Waals surface area contributed by atoms with Gasteiger partial charge in [0.25, 0.3) is 0 Å². The van der Waals surface area contributed by atoms with Gasteiger partial charge in [0.15, 0.2) is 9.84 Å². The second-order valence-corrected chi connectivity index (χ2v) is 6.32. The molecule has 0 amide bonds. The van der Waals surface area contributed by atoms with Gasteiger partial charge in [0, 0.05) is 17.5 Å². The molecule has 2 unspecified atom stereocenters. The van der Waals surface area contributed by atoms with Crippen molar-refractivity contribution in [1.29, 1.82) is 5.26 Å². The maximum absolute atomic E-state index is 11.3. The van der Waals surface area contributed by atoms with E-state index in [1.165, 1.54) is 5.41 Å².